The highest BCUT2D eigenvalue weighted by Crippen LogP contribution is 2.09. The number of nitrogens with one attached hydrogen (secondary N) is 1. The molecular weight excluding hydrogens is 278 g/mol. The summed E-state index contributed by atoms with van der Waals surface area (Å²) in [5.74, 6) is -0.509. The lowest BCUT2D eigenvalue weighted by atomic mass is 10.0. The Hall–Kier alpha value is -1.88. The van der Waals surface area contributed by atoms with Crippen LogP contribution < -0.4 is 11.1 Å². The van der Waals surface area contributed by atoms with Crippen molar-refractivity contribution >= 4 is 11.8 Å². The second-order valence-corrected chi connectivity index (χ2v) is 6.06. The molecule has 22 heavy (non-hydrogen) atoms. The highest BCUT2D eigenvalue weighted by molar-refractivity contribution is 5.80. The number of carbonyl (C=O) groups excluding carboxylic acids is 2. The van der Waals surface area contributed by atoms with Crippen molar-refractivity contribution in [3.8, 4) is 0 Å². The van der Waals surface area contributed by atoms with E-state index >= 15 is 0 Å². The molecule has 0 aliphatic carbocycles. The van der Waals surface area contributed by atoms with Crippen LogP contribution in [0, 0.1) is 6.92 Å². The largest absolute Gasteiger partial charge is 0.369 e. The van der Waals surface area contributed by atoms with Crippen LogP contribution in [0.1, 0.15) is 31.9 Å². The molecule has 3 N–H and O–H groups in total. The van der Waals surface area contributed by atoms with Gasteiger partial charge in [0.25, 0.3) is 0 Å². The van der Waals surface area contributed by atoms with E-state index in [0.29, 0.717) is 0 Å². The van der Waals surface area contributed by atoms with Gasteiger partial charge >= 0.3 is 0 Å². The summed E-state index contributed by atoms with van der Waals surface area (Å²) < 4.78 is 0. The Kier molecular flexibility index (Phi) is 7.05. The molecule has 0 saturated carbocycles. The van der Waals surface area contributed by atoms with E-state index in [1.807, 2.05) is 32.9 Å². The Bertz CT molecular complexity index is 514. The zero-order chi connectivity index (χ0) is 16.7. The van der Waals surface area contributed by atoms with Gasteiger partial charge in [-0.2, -0.15) is 0 Å². The van der Waals surface area contributed by atoms with E-state index in [4.69, 9.17) is 5.73 Å². The maximum atomic E-state index is 12.1. The van der Waals surface area contributed by atoms with Crippen molar-refractivity contribution in [2.75, 3.05) is 13.1 Å². The molecule has 0 aliphatic rings. The van der Waals surface area contributed by atoms with Gasteiger partial charge in [-0.1, -0.05) is 24.3 Å². The maximum Gasteiger partial charge on any atom is 0.234 e. The molecular formula is C17H27N3O2. The third kappa shape index (κ3) is 6.26. The molecule has 1 aromatic carbocycles. The van der Waals surface area contributed by atoms with Gasteiger partial charge in [-0.05, 0) is 45.2 Å². The van der Waals surface area contributed by atoms with Gasteiger partial charge in [0.05, 0.1) is 13.1 Å². The van der Waals surface area contributed by atoms with Gasteiger partial charge in [-0.15, -0.1) is 0 Å². The average molecular weight is 305 g/mol. The van der Waals surface area contributed by atoms with E-state index in [-0.39, 0.29) is 31.1 Å². The molecule has 0 aliphatic heterocycles. The SMILES string of the molecule is Cc1ccccc1C[C@H](C)NC(=O)CN(CC(N)=O)C(C)C. The quantitative estimate of drug-likeness (QED) is 0.758. The van der Waals surface area contributed by atoms with Crippen molar-refractivity contribution in [3.05, 3.63) is 35.4 Å². The van der Waals surface area contributed by atoms with E-state index in [1.54, 1.807) is 4.90 Å². The van der Waals surface area contributed by atoms with Gasteiger partial charge in [0, 0.05) is 12.1 Å². The highest BCUT2D eigenvalue weighted by atomic mass is 16.2. The lowest BCUT2D eigenvalue weighted by Crippen LogP contribution is -2.46. The second kappa shape index (κ2) is 8.54. The van der Waals surface area contributed by atoms with Gasteiger partial charge in [0.1, 0.15) is 0 Å². The maximum absolute atomic E-state index is 12.1. The first-order valence-electron chi connectivity index (χ1n) is 7.65. The Morgan fingerprint density at radius 1 is 1.18 bits per heavy atom. The minimum Gasteiger partial charge on any atom is -0.369 e. The number of aryl methyl sites for hydroxylation is 1. The predicted molar refractivity (Wildman–Crippen MR) is 88.4 cm³/mol. The molecule has 0 bridgehead atoms. The van der Waals surface area contributed by atoms with Crippen molar-refractivity contribution in [1.82, 2.24) is 10.2 Å². The first-order chi connectivity index (χ1) is 10.3. The summed E-state index contributed by atoms with van der Waals surface area (Å²) in [5.41, 5.74) is 7.67. The molecule has 1 aromatic rings. The van der Waals surface area contributed by atoms with Crippen LogP contribution in [0.2, 0.25) is 0 Å². The number of hydrogen-bond acceptors (Lipinski definition) is 3. The van der Waals surface area contributed by atoms with E-state index in [1.165, 1.54) is 11.1 Å². The van der Waals surface area contributed by atoms with Gasteiger partial charge in [-0.3, -0.25) is 14.5 Å². The number of hydrogen-bond donors (Lipinski definition) is 2. The fraction of sp³-hybridized carbons (Fsp3) is 0.529. The Balaban J connectivity index is 2.53. The minimum atomic E-state index is -0.422. The standard InChI is InChI=1S/C17H27N3O2/c1-12(2)20(10-16(18)21)11-17(22)19-14(4)9-15-8-6-5-7-13(15)3/h5-8,12,14H,9-11H2,1-4H3,(H2,18,21)(H,19,22)/t14-/m0/s1. The van der Waals surface area contributed by atoms with Gasteiger partial charge in [-0.25, -0.2) is 0 Å². The molecule has 0 fully saturated rings. The van der Waals surface area contributed by atoms with Crippen LogP contribution in [0.25, 0.3) is 0 Å². The van der Waals surface area contributed by atoms with Crippen molar-refractivity contribution in [2.24, 2.45) is 5.73 Å². The Morgan fingerprint density at radius 3 is 2.36 bits per heavy atom. The smallest absolute Gasteiger partial charge is 0.234 e. The highest BCUT2D eigenvalue weighted by Gasteiger charge is 2.17. The van der Waals surface area contributed by atoms with E-state index in [9.17, 15) is 9.59 Å². The summed E-state index contributed by atoms with van der Waals surface area (Å²) >= 11 is 0. The first-order valence-corrected chi connectivity index (χ1v) is 7.65. The normalized spacial score (nSPS) is 12.5. The van der Waals surface area contributed by atoms with Crippen LogP contribution in [0.5, 0.6) is 0 Å². The second-order valence-electron chi connectivity index (χ2n) is 6.06. The first kappa shape index (κ1) is 18.2. The van der Waals surface area contributed by atoms with Crippen molar-refractivity contribution in [1.29, 1.82) is 0 Å². The molecule has 0 heterocycles. The molecule has 0 unspecified atom stereocenters. The number of primary amides is 1. The summed E-state index contributed by atoms with van der Waals surface area (Å²) in [4.78, 5) is 24.9. The summed E-state index contributed by atoms with van der Waals surface area (Å²) in [7, 11) is 0. The molecule has 122 valence electrons. The molecule has 0 spiro atoms. The summed E-state index contributed by atoms with van der Waals surface area (Å²) in [6.07, 6.45) is 0.788. The molecule has 0 radical (unpaired) electrons. The van der Waals surface area contributed by atoms with E-state index in [2.05, 4.69) is 24.4 Å². The summed E-state index contributed by atoms with van der Waals surface area (Å²) in [6, 6.07) is 8.28. The number of rotatable bonds is 8. The lowest BCUT2D eigenvalue weighted by Gasteiger charge is -2.25. The van der Waals surface area contributed by atoms with Gasteiger partial charge in [0.15, 0.2) is 0 Å². The van der Waals surface area contributed by atoms with Gasteiger partial charge in [0.2, 0.25) is 11.8 Å². The Morgan fingerprint density at radius 2 is 1.82 bits per heavy atom. The van der Waals surface area contributed by atoms with E-state index < -0.39 is 5.91 Å². The fourth-order valence-corrected chi connectivity index (χ4v) is 2.35. The van der Waals surface area contributed by atoms with Crippen molar-refractivity contribution < 1.29 is 9.59 Å². The number of carbonyl (C=O) groups is 2. The van der Waals surface area contributed by atoms with Crippen LogP contribution in [0.15, 0.2) is 24.3 Å². The van der Waals surface area contributed by atoms with E-state index in [0.717, 1.165) is 6.42 Å². The molecule has 2 amide bonds. The third-order valence-electron chi connectivity index (χ3n) is 3.63. The zero-order valence-electron chi connectivity index (χ0n) is 13.9. The monoisotopic (exact) mass is 305 g/mol. The van der Waals surface area contributed by atoms with Crippen molar-refractivity contribution in [2.45, 2.75) is 46.2 Å². The van der Waals surface area contributed by atoms with Crippen LogP contribution >= 0.6 is 0 Å². The fourth-order valence-electron chi connectivity index (χ4n) is 2.35. The summed E-state index contributed by atoms with van der Waals surface area (Å²) in [6.45, 7) is 8.20. The van der Waals surface area contributed by atoms with Crippen LogP contribution in [0.4, 0.5) is 0 Å². The van der Waals surface area contributed by atoms with Crippen LogP contribution in [-0.4, -0.2) is 41.9 Å². The topological polar surface area (TPSA) is 75.4 Å². The summed E-state index contributed by atoms with van der Waals surface area (Å²) in [5, 5.41) is 2.98. The Labute approximate surface area is 132 Å². The number of nitrogens with two attached hydrogens (primary N) is 1. The minimum absolute atomic E-state index is 0.0381. The van der Waals surface area contributed by atoms with Gasteiger partial charge < -0.3 is 11.1 Å². The van der Waals surface area contributed by atoms with Crippen LogP contribution in [0.3, 0.4) is 0 Å². The third-order valence-corrected chi connectivity index (χ3v) is 3.63. The number of benzene rings is 1. The number of nitrogens with zero attached hydrogens (tertiary/aromatic N) is 1. The molecule has 1 rings (SSSR count). The molecule has 0 aromatic heterocycles. The predicted octanol–water partition coefficient (Wildman–Crippen LogP) is 1.24. The zero-order valence-corrected chi connectivity index (χ0v) is 13.9. The molecule has 5 heteroatoms. The molecule has 5 nitrogen and oxygen atoms in total. The average Bonchev–Trinajstić information content (AvgIpc) is 2.39. The van der Waals surface area contributed by atoms with Crippen LogP contribution in [-0.2, 0) is 16.0 Å². The lowest BCUT2D eigenvalue weighted by molar-refractivity contribution is -0.125. The molecule has 1 atom stereocenters. The number of amides is 2. The molecule has 0 saturated heterocycles. The van der Waals surface area contributed by atoms with Crippen molar-refractivity contribution in [3.63, 3.8) is 0 Å².